The molecule has 13 nitrogen and oxygen atoms in total. The fourth-order valence-corrected chi connectivity index (χ4v) is 5.89. The molecule has 3 heterocycles. The van der Waals surface area contributed by atoms with Crippen molar-refractivity contribution in [1.82, 2.24) is 19.7 Å². The molecule has 1 fully saturated rings. The third-order valence-corrected chi connectivity index (χ3v) is 8.63. The topological polar surface area (TPSA) is 180 Å². The molecule has 0 unspecified atom stereocenters. The number of carbonyl (C=O) groups is 1. The van der Waals surface area contributed by atoms with E-state index in [4.69, 9.17) is 24.3 Å². The number of anilines is 1. The Hall–Kier alpha value is -3.06. The molecule has 5 N–H and O–H groups in total. The molecule has 218 valence electrons. The highest BCUT2D eigenvalue weighted by atomic mass is 31.2. The third-order valence-electron chi connectivity index (χ3n) is 6.98. The Kier molecular flexibility index (Phi) is 9.44. The number of nitrogen functional groups attached to an aromatic ring is 1. The van der Waals surface area contributed by atoms with Gasteiger partial charge in [-0.3, -0.25) is 9.32 Å². The fraction of sp³-hybridized carbons (Fsp3) is 0.500. The molecule has 2 aromatic heterocycles. The van der Waals surface area contributed by atoms with E-state index in [9.17, 15) is 19.6 Å². The molecule has 0 bridgehead atoms. The van der Waals surface area contributed by atoms with Crippen LogP contribution in [0.4, 0.5) is 5.82 Å². The molecule has 4 rings (SSSR count). The second-order valence-electron chi connectivity index (χ2n) is 9.74. The Balaban J connectivity index is 1.47. The van der Waals surface area contributed by atoms with Gasteiger partial charge in [0.2, 0.25) is 0 Å². The van der Waals surface area contributed by atoms with E-state index in [-0.39, 0.29) is 36.4 Å². The highest BCUT2D eigenvalue weighted by Crippen LogP contribution is 2.46. The van der Waals surface area contributed by atoms with Crippen molar-refractivity contribution in [2.45, 2.75) is 57.5 Å². The Labute approximate surface area is 232 Å². The minimum atomic E-state index is -4.20. The second-order valence-corrected chi connectivity index (χ2v) is 11.4. The van der Waals surface area contributed by atoms with Crippen LogP contribution in [-0.2, 0) is 29.0 Å². The highest BCUT2D eigenvalue weighted by molar-refractivity contribution is 7.52. The number of benzene rings is 1. The number of nitrogens with two attached hydrogens (primary N) is 1. The molecule has 1 aliphatic heterocycles. The first-order chi connectivity index (χ1) is 19.1. The number of nitrogens with one attached hydrogen (secondary N) is 1. The Morgan fingerprint density at radius 2 is 2.00 bits per heavy atom. The smallest absolute Gasteiger partial charge is 0.459 e. The summed E-state index contributed by atoms with van der Waals surface area (Å²) in [4.78, 5) is 16.6. The van der Waals surface area contributed by atoms with E-state index in [1.165, 1.54) is 17.8 Å². The van der Waals surface area contributed by atoms with Crippen LogP contribution in [0.2, 0.25) is 0 Å². The van der Waals surface area contributed by atoms with Gasteiger partial charge in [0.05, 0.1) is 25.5 Å². The molecular weight excluding hydrogens is 541 g/mol. The van der Waals surface area contributed by atoms with Crippen molar-refractivity contribution in [1.29, 1.82) is 0 Å². The van der Waals surface area contributed by atoms with E-state index >= 15 is 0 Å². The predicted molar refractivity (Wildman–Crippen MR) is 145 cm³/mol. The monoisotopic (exact) mass is 577 g/mol. The Bertz CT molecular complexity index is 1340. The average Bonchev–Trinajstić information content (AvgIpc) is 3.51. The number of nitrogens with zero attached hydrogens (tertiary/aromatic N) is 3. The van der Waals surface area contributed by atoms with Crippen molar-refractivity contribution < 1.29 is 38.1 Å². The fourth-order valence-electron chi connectivity index (χ4n) is 4.38. The number of rotatable bonds is 13. The summed E-state index contributed by atoms with van der Waals surface area (Å²) in [6.45, 7) is 5.04. The molecule has 40 heavy (non-hydrogen) atoms. The summed E-state index contributed by atoms with van der Waals surface area (Å²) < 4.78 is 37.6. The normalized spacial score (nSPS) is 23.2. The molecule has 1 aromatic carbocycles. The van der Waals surface area contributed by atoms with Crippen LogP contribution >= 0.6 is 7.75 Å². The Morgan fingerprint density at radius 3 is 2.70 bits per heavy atom. The summed E-state index contributed by atoms with van der Waals surface area (Å²) in [5.41, 5.74) is 4.71. The largest absolute Gasteiger partial charge is 0.464 e. The Morgan fingerprint density at radius 1 is 1.27 bits per heavy atom. The summed E-state index contributed by atoms with van der Waals surface area (Å²) in [5, 5.41) is 29.2. The number of para-hydroxylation sites is 1. The first kappa shape index (κ1) is 29.9. The van der Waals surface area contributed by atoms with Gasteiger partial charge in [0.1, 0.15) is 35.8 Å². The van der Waals surface area contributed by atoms with Crippen LogP contribution in [0.5, 0.6) is 5.75 Å². The van der Waals surface area contributed by atoms with Crippen LogP contribution in [-0.4, -0.2) is 68.9 Å². The van der Waals surface area contributed by atoms with Crippen molar-refractivity contribution in [3.8, 4) is 5.75 Å². The number of ether oxygens (including phenoxy) is 2. The molecule has 14 heteroatoms. The van der Waals surface area contributed by atoms with Crippen LogP contribution in [0, 0.1) is 5.92 Å². The van der Waals surface area contributed by atoms with Crippen molar-refractivity contribution in [2.75, 3.05) is 25.6 Å². The first-order valence-corrected chi connectivity index (χ1v) is 14.7. The van der Waals surface area contributed by atoms with Crippen LogP contribution in [0.15, 0.2) is 48.8 Å². The maximum atomic E-state index is 13.8. The lowest BCUT2D eigenvalue weighted by Crippen LogP contribution is -2.44. The van der Waals surface area contributed by atoms with Gasteiger partial charge in [0, 0.05) is 0 Å². The molecule has 5 atom stereocenters. The standard InChI is InChI=1S/C26H36N5O8P/c1-4-18(5-2)13-36-25(33)17(3)30-40(35,39-19-9-7-6-8-10-19)38-14-21-23(32)26(34,15-37-21)22-12-11-20-24(27)28-16-29-31(20)22/h6-12,16-18,21,23,32,34H,4-5,13-15H2,1-3H3,(H,30,35)(H2,27,28,29)/t17-,21+,23+,26-,40-/m0/s1. The molecule has 0 aliphatic carbocycles. The summed E-state index contributed by atoms with van der Waals surface area (Å²) in [5.74, 6) is 0.0495. The summed E-state index contributed by atoms with van der Waals surface area (Å²) in [7, 11) is -4.20. The third kappa shape index (κ3) is 6.46. The van der Waals surface area contributed by atoms with Gasteiger partial charge >= 0.3 is 13.7 Å². The van der Waals surface area contributed by atoms with Crippen molar-refractivity contribution >= 4 is 25.1 Å². The number of fused-ring (bicyclic) bond motifs is 1. The molecule has 0 radical (unpaired) electrons. The maximum absolute atomic E-state index is 13.8. The van der Waals surface area contributed by atoms with E-state index in [1.807, 2.05) is 13.8 Å². The van der Waals surface area contributed by atoms with Gasteiger partial charge in [-0.15, -0.1) is 0 Å². The van der Waals surface area contributed by atoms with Gasteiger partial charge in [-0.25, -0.2) is 14.1 Å². The number of aliphatic hydroxyl groups excluding tert-OH is 1. The number of aromatic nitrogens is 3. The van der Waals surface area contributed by atoms with Gasteiger partial charge in [-0.1, -0.05) is 44.9 Å². The van der Waals surface area contributed by atoms with E-state index in [1.54, 1.807) is 42.5 Å². The highest BCUT2D eigenvalue weighted by Gasteiger charge is 2.51. The molecule has 0 saturated carbocycles. The van der Waals surface area contributed by atoms with Gasteiger partial charge in [-0.05, 0) is 37.1 Å². The number of aliphatic hydroxyl groups is 2. The maximum Gasteiger partial charge on any atom is 0.459 e. The lowest BCUT2D eigenvalue weighted by molar-refractivity contribution is -0.146. The van der Waals surface area contributed by atoms with Gasteiger partial charge in [0.25, 0.3) is 0 Å². The lowest BCUT2D eigenvalue weighted by Gasteiger charge is -2.27. The molecule has 1 aliphatic rings. The van der Waals surface area contributed by atoms with Gasteiger partial charge in [0.15, 0.2) is 11.4 Å². The minimum absolute atomic E-state index is 0.204. The van der Waals surface area contributed by atoms with Gasteiger partial charge < -0.3 is 29.9 Å². The number of carbonyl (C=O) groups excluding carboxylic acids is 1. The summed E-state index contributed by atoms with van der Waals surface area (Å²) >= 11 is 0. The lowest BCUT2D eigenvalue weighted by atomic mass is 9.93. The van der Waals surface area contributed by atoms with Crippen molar-refractivity contribution in [3.05, 3.63) is 54.5 Å². The van der Waals surface area contributed by atoms with Crippen LogP contribution in [0.3, 0.4) is 0 Å². The van der Waals surface area contributed by atoms with Crippen molar-refractivity contribution in [2.24, 2.45) is 5.92 Å². The van der Waals surface area contributed by atoms with Crippen LogP contribution in [0.1, 0.15) is 39.3 Å². The van der Waals surface area contributed by atoms with Crippen LogP contribution < -0.4 is 15.3 Å². The zero-order chi connectivity index (χ0) is 28.9. The second kappa shape index (κ2) is 12.6. The van der Waals surface area contributed by atoms with E-state index in [2.05, 4.69) is 15.2 Å². The quantitative estimate of drug-likeness (QED) is 0.172. The van der Waals surface area contributed by atoms with E-state index in [0.717, 1.165) is 12.8 Å². The minimum Gasteiger partial charge on any atom is -0.464 e. The molecule has 0 spiro atoms. The summed E-state index contributed by atoms with van der Waals surface area (Å²) in [6, 6.07) is 10.5. The number of hydrogen-bond acceptors (Lipinski definition) is 11. The molecule has 1 saturated heterocycles. The molecular formula is C26H36N5O8P. The first-order valence-electron chi connectivity index (χ1n) is 13.1. The number of esters is 1. The van der Waals surface area contributed by atoms with Crippen LogP contribution in [0.25, 0.3) is 5.52 Å². The zero-order valence-electron chi connectivity index (χ0n) is 22.7. The average molecular weight is 578 g/mol. The van der Waals surface area contributed by atoms with Crippen molar-refractivity contribution in [3.63, 3.8) is 0 Å². The predicted octanol–water partition coefficient (Wildman–Crippen LogP) is 2.42. The van der Waals surface area contributed by atoms with E-state index in [0.29, 0.717) is 5.52 Å². The van der Waals surface area contributed by atoms with E-state index < -0.39 is 44.2 Å². The molecule has 3 aromatic rings. The summed E-state index contributed by atoms with van der Waals surface area (Å²) in [6.07, 6.45) is 0.368. The molecule has 0 amide bonds. The SMILES string of the molecule is CCC(CC)COC(=O)[C@H](C)N[P@](=O)(OC[C@H]1OC[C@](O)(c2ccc3c(N)ncnn23)[C@@H]1O)Oc1ccccc1. The zero-order valence-corrected chi connectivity index (χ0v) is 23.6. The number of hydrogen-bond donors (Lipinski definition) is 4. The van der Waals surface area contributed by atoms with Gasteiger partial charge in [-0.2, -0.15) is 10.2 Å².